The molecule has 0 fully saturated rings. The number of nitro benzene ring substituents is 1. The molecule has 0 saturated carbocycles. The van der Waals surface area contributed by atoms with Crippen molar-refractivity contribution in [2.45, 2.75) is 13.2 Å². The van der Waals surface area contributed by atoms with Crippen LogP contribution >= 0.6 is 0 Å². The van der Waals surface area contributed by atoms with Crippen molar-refractivity contribution in [2.24, 2.45) is 0 Å². The van der Waals surface area contributed by atoms with Crippen LogP contribution in [0.25, 0.3) is 0 Å². The number of benzene rings is 2. The second-order valence-corrected chi connectivity index (χ2v) is 4.60. The number of esters is 1. The first-order chi connectivity index (χ1) is 10.6. The lowest BCUT2D eigenvalue weighted by Crippen LogP contribution is -2.07. The Labute approximate surface area is 127 Å². The Morgan fingerprint density at radius 3 is 2.64 bits per heavy atom. The molecule has 0 aliphatic rings. The minimum Gasteiger partial charge on any atom is -0.457 e. The summed E-state index contributed by atoms with van der Waals surface area (Å²) in [7, 11) is 1.57. The summed E-state index contributed by atoms with van der Waals surface area (Å²) < 4.78 is 10.2. The molecule has 0 bridgehead atoms. The fourth-order valence-corrected chi connectivity index (χ4v) is 1.99. The van der Waals surface area contributed by atoms with Crippen molar-refractivity contribution < 1.29 is 19.2 Å². The number of hydrogen-bond donors (Lipinski definition) is 0. The molecule has 0 aliphatic heterocycles. The van der Waals surface area contributed by atoms with Gasteiger partial charge in [-0.3, -0.25) is 10.1 Å². The van der Waals surface area contributed by atoms with Crippen LogP contribution in [0.5, 0.6) is 0 Å². The largest absolute Gasteiger partial charge is 0.457 e. The highest BCUT2D eigenvalue weighted by molar-refractivity contribution is 5.89. The lowest BCUT2D eigenvalue weighted by Gasteiger charge is -2.07. The van der Waals surface area contributed by atoms with Crippen LogP contribution in [-0.2, 0) is 22.7 Å². The van der Waals surface area contributed by atoms with E-state index in [4.69, 9.17) is 9.47 Å². The van der Waals surface area contributed by atoms with Crippen LogP contribution in [0.15, 0.2) is 48.5 Å². The van der Waals surface area contributed by atoms with Gasteiger partial charge in [-0.25, -0.2) is 4.79 Å². The molecule has 2 rings (SSSR count). The Morgan fingerprint density at radius 2 is 1.91 bits per heavy atom. The third-order valence-corrected chi connectivity index (χ3v) is 3.02. The smallest absolute Gasteiger partial charge is 0.338 e. The Morgan fingerprint density at radius 1 is 1.14 bits per heavy atom. The zero-order valence-electron chi connectivity index (χ0n) is 12.0. The minimum atomic E-state index is -0.531. The standard InChI is InChI=1S/C16H15NO5/c1-21-10-12-5-4-7-13(9-12)16(18)22-11-14-6-2-3-8-15(14)17(19)20/h2-9H,10-11H2,1H3. The summed E-state index contributed by atoms with van der Waals surface area (Å²) in [5.41, 5.74) is 1.52. The number of hydrogen-bond acceptors (Lipinski definition) is 5. The first-order valence-corrected chi connectivity index (χ1v) is 6.59. The number of rotatable bonds is 6. The predicted octanol–water partition coefficient (Wildman–Crippen LogP) is 3.10. The number of ether oxygens (including phenoxy) is 2. The first kappa shape index (κ1) is 15.7. The molecular weight excluding hydrogens is 286 g/mol. The highest BCUT2D eigenvalue weighted by Gasteiger charge is 2.15. The van der Waals surface area contributed by atoms with Gasteiger partial charge in [0, 0.05) is 13.2 Å². The second-order valence-electron chi connectivity index (χ2n) is 4.60. The van der Waals surface area contributed by atoms with E-state index in [0.29, 0.717) is 17.7 Å². The van der Waals surface area contributed by atoms with Gasteiger partial charge in [-0.2, -0.15) is 0 Å². The predicted molar refractivity (Wildman–Crippen MR) is 79.4 cm³/mol. The highest BCUT2D eigenvalue weighted by Crippen LogP contribution is 2.19. The summed E-state index contributed by atoms with van der Waals surface area (Å²) in [5, 5.41) is 10.9. The fraction of sp³-hybridized carbons (Fsp3) is 0.188. The van der Waals surface area contributed by atoms with Crippen molar-refractivity contribution in [1.29, 1.82) is 0 Å². The van der Waals surface area contributed by atoms with Gasteiger partial charge < -0.3 is 9.47 Å². The number of nitrogens with zero attached hydrogens (tertiary/aromatic N) is 1. The zero-order chi connectivity index (χ0) is 15.9. The maximum Gasteiger partial charge on any atom is 0.338 e. The highest BCUT2D eigenvalue weighted by atomic mass is 16.6. The lowest BCUT2D eigenvalue weighted by molar-refractivity contribution is -0.385. The summed E-state index contributed by atoms with van der Waals surface area (Å²) in [4.78, 5) is 22.4. The van der Waals surface area contributed by atoms with Crippen molar-refractivity contribution >= 4 is 11.7 Å². The van der Waals surface area contributed by atoms with Crippen LogP contribution in [0, 0.1) is 10.1 Å². The molecule has 0 aliphatic carbocycles. The summed E-state index contributed by atoms with van der Waals surface area (Å²) in [5.74, 6) is -0.531. The summed E-state index contributed by atoms with van der Waals surface area (Å²) in [6.45, 7) is 0.246. The van der Waals surface area contributed by atoms with Crippen molar-refractivity contribution in [1.82, 2.24) is 0 Å². The summed E-state index contributed by atoms with van der Waals surface area (Å²) in [6.07, 6.45) is 0. The Balaban J connectivity index is 2.07. The lowest BCUT2D eigenvalue weighted by atomic mass is 10.1. The third kappa shape index (κ3) is 3.89. The molecule has 0 aromatic heterocycles. The van der Waals surface area contributed by atoms with E-state index in [1.807, 2.05) is 6.07 Å². The topological polar surface area (TPSA) is 78.7 Å². The van der Waals surface area contributed by atoms with Crippen LogP contribution < -0.4 is 0 Å². The van der Waals surface area contributed by atoms with Gasteiger partial charge in [-0.1, -0.05) is 24.3 Å². The van der Waals surface area contributed by atoms with Gasteiger partial charge in [-0.15, -0.1) is 0 Å². The maximum atomic E-state index is 12.0. The van der Waals surface area contributed by atoms with Gasteiger partial charge >= 0.3 is 5.97 Å². The SMILES string of the molecule is COCc1cccc(C(=O)OCc2ccccc2[N+](=O)[O-])c1. The maximum absolute atomic E-state index is 12.0. The van der Waals surface area contributed by atoms with Gasteiger partial charge in [0.25, 0.3) is 5.69 Å². The van der Waals surface area contributed by atoms with E-state index in [9.17, 15) is 14.9 Å². The van der Waals surface area contributed by atoms with Gasteiger partial charge in [0.05, 0.1) is 22.7 Å². The molecule has 6 nitrogen and oxygen atoms in total. The van der Waals surface area contributed by atoms with Gasteiger partial charge in [-0.05, 0) is 23.8 Å². The van der Waals surface area contributed by atoms with Gasteiger partial charge in [0.1, 0.15) is 6.61 Å². The van der Waals surface area contributed by atoms with Crippen LogP contribution in [-0.4, -0.2) is 18.0 Å². The van der Waals surface area contributed by atoms with Crippen LogP contribution in [0.1, 0.15) is 21.5 Å². The molecule has 114 valence electrons. The molecular formula is C16H15NO5. The van der Waals surface area contributed by atoms with Crippen LogP contribution in [0.2, 0.25) is 0 Å². The number of nitro groups is 1. The van der Waals surface area contributed by atoms with Crippen molar-refractivity contribution in [2.75, 3.05) is 7.11 Å². The van der Waals surface area contributed by atoms with E-state index >= 15 is 0 Å². The normalized spacial score (nSPS) is 10.2. The molecule has 6 heteroatoms. The Bertz CT molecular complexity index is 684. The van der Waals surface area contributed by atoms with Crippen molar-refractivity contribution in [3.05, 3.63) is 75.3 Å². The minimum absolute atomic E-state index is 0.0663. The van der Waals surface area contributed by atoms with E-state index in [2.05, 4.69) is 0 Å². The molecule has 22 heavy (non-hydrogen) atoms. The summed E-state index contributed by atoms with van der Waals surface area (Å²) >= 11 is 0. The van der Waals surface area contributed by atoms with Gasteiger partial charge in [0.2, 0.25) is 0 Å². The molecule has 0 amide bonds. The molecule has 2 aromatic carbocycles. The molecule has 0 atom stereocenters. The van der Waals surface area contributed by atoms with Crippen LogP contribution in [0.4, 0.5) is 5.69 Å². The second kappa shape index (κ2) is 7.33. The van der Waals surface area contributed by atoms with Crippen molar-refractivity contribution in [3.63, 3.8) is 0 Å². The number of methoxy groups -OCH3 is 1. The van der Waals surface area contributed by atoms with E-state index < -0.39 is 10.9 Å². The Kier molecular flexibility index (Phi) is 5.21. The monoisotopic (exact) mass is 301 g/mol. The molecule has 0 N–H and O–H groups in total. The van der Waals surface area contributed by atoms with Gasteiger partial charge in [0.15, 0.2) is 0 Å². The van der Waals surface area contributed by atoms with E-state index in [1.165, 1.54) is 6.07 Å². The molecule has 0 saturated heterocycles. The molecule has 2 aromatic rings. The molecule has 0 radical (unpaired) electrons. The molecule has 0 spiro atoms. The number of carbonyl (C=O) groups excluding carboxylic acids is 1. The summed E-state index contributed by atoms with van der Waals surface area (Å²) in [6, 6.07) is 13.0. The quantitative estimate of drug-likeness (QED) is 0.465. The Hall–Kier alpha value is -2.73. The zero-order valence-corrected chi connectivity index (χ0v) is 12.0. The van der Waals surface area contributed by atoms with E-state index in [1.54, 1.807) is 43.5 Å². The average molecular weight is 301 g/mol. The first-order valence-electron chi connectivity index (χ1n) is 6.59. The van der Waals surface area contributed by atoms with Crippen LogP contribution in [0.3, 0.4) is 0 Å². The average Bonchev–Trinajstić information content (AvgIpc) is 2.53. The van der Waals surface area contributed by atoms with E-state index in [0.717, 1.165) is 5.56 Å². The fourth-order valence-electron chi connectivity index (χ4n) is 1.99. The number of carbonyl (C=O) groups is 1. The third-order valence-electron chi connectivity index (χ3n) is 3.02. The number of para-hydroxylation sites is 1. The van der Waals surface area contributed by atoms with E-state index in [-0.39, 0.29) is 12.3 Å². The molecule has 0 unspecified atom stereocenters. The molecule has 0 heterocycles. The van der Waals surface area contributed by atoms with Crippen molar-refractivity contribution in [3.8, 4) is 0 Å².